The second kappa shape index (κ2) is 6.30. The molecule has 2 aromatic rings. The van der Waals surface area contributed by atoms with E-state index in [1.165, 1.54) is 16.7 Å². The largest absolute Gasteiger partial charge is 0.488 e. The lowest BCUT2D eigenvalue weighted by molar-refractivity contribution is 0.173. The van der Waals surface area contributed by atoms with E-state index in [-0.39, 0.29) is 6.79 Å². The quantitative estimate of drug-likeness (QED) is 0.813. The van der Waals surface area contributed by atoms with E-state index in [1.54, 1.807) is 0 Å². The molecule has 3 nitrogen and oxygen atoms in total. The first-order chi connectivity index (χ1) is 10.6. The van der Waals surface area contributed by atoms with Gasteiger partial charge in [0, 0.05) is 6.07 Å². The Morgan fingerprint density at radius 2 is 1.77 bits per heavy atom. The van der Waals surface area contributed by atoms with Crippen LogP contribution in [0.1, 0.15) is 30.5 Å². The highest BCUT2D eigenvalue weighted by Crippen LogP contribution is 2.39. The molecule has 0 unspecified atom stereocenters. The van der Waals surface area contributed by atoms with Gasteiger partial charge in [0.1, 0.15) is 12.4 Å². The van der Waals surface area contributed by atoms with Crippen molar-refractivity contribution in [2.75, 3.05) is 6.79 Å². The van der Waals surface area contributed by atoms with Crippen LogP contribution in [-0.2, 0) is 13.0 Å². The van der Waals surface area contributed by atoms with Crippen LogP contribution in [0.2, 0.25) is 0 Å². The van der Waals surface area contributed by atoms with Crippen LogP contribution < -0.4 is 14.2 Å². The molecule has 0 bridgehead atoms. The molecule has 0 aromatic heterocycles. The first kappa shape index (κ1) is 14.8. The van der Waals surface area contributed by atoms with Crippen molar-refractivity contribution in [3.8, 4) is 17.2 Å². The average Bonchev–Trinajstić information content (AvgIpc) is 2.92. The van der Waals surface area contributed by atoms with Gasteiger partial charge < -0.3 is 14.2 Å². The molecule has 1 aliphatic rings. The Balaban J connectivity index is 1.84. The van der Waals surface area contributed by atoms with E-state index >= 15 is 0 Å². The molecule has 0 amide bonds. The molecular weight excluding hydrogens is 276 g/mol. The minimum absolute atomic E-state index is 0.289. The lowest BCUT2D eigenvalue weighted by atomic mass is 10.0. The number of benzene rings is 2. The zero-order valence-corrected chi connectivity index (χ0v) is 13.4. The van der Waals surface area contributed by atoms with Crippen LogP contribution in [0.5, 0.6) is 17.2 Å². The zero-order chi connectivity index (χ0) is 15.5. The number of ether oxygens (including phenoxy) is 3. The molecule has 2 aromatic carbocycles. The van der Waals surface area contributed by atoms with Crippen LogP contribution in [0, 0.1) is 12.8 Å². The van der Waals surface area contributed by atoms with Crippen molar-refractivity contribution in [1.82, 2.24) is 0 Å². The number of rotatable bonds is 5. The fourth-order valence-corrected chi connectivity index (χ4v) is 2.63. The van der Waals surface area contributed by atoms with E-state index in [2.05, 4.69) is 39.0 Å². The molecule has 1 aliphatic heterocycles. The Labute approximate surface area is 131 Å². The van der Waals surface area contributed by atoms with Crippen molar-refractivity contribution < 1.29 is 14.2 Å². The molecule has 0 spiro atoms. The zero-order valence-electron chi connectivity index (χ0n) is 13.4. The van der Waals surface area contributed by atoms with Crippen LogP contribution >= 0.6 is 0 Å². The molecular formula is C19H22O3. The third-order valence-electron chi connectivity index (χ3n) is 3.83. The van der Waals surface area contributed by atoms with Crippen molar-refractivity contribution in [2.45, 2.75) is 33.8 Å². The smallest absolute Gasteiger partial charge is 0.231 e. The third-order valence-corrected chi connectivity index (χ3v) is 3.83. The van der Waals surface area contributed by atoms with Gasteiger partial charge in [0.25, 0.3) is 0 Å². The topological polar surface area (TPSA) is 27.7 Å². The molecule has 0 fully saturated rings. The Hall–Kier alpha value is -2.16. The standard InChI is InChI=1S/C19H22O3/c1-13(2)8-16-9-18-19(22-12-21-18)10-17(16)20-11-15-7-5-4-6-14(15)3/h4-7,9-10,13H,8,11-12H2,1-3H3. The van der Waals surface area contributed by atoms with Crippen molar-refractivity contribution in [3.63, 3.8) is 0 Å². The van der Waals surface area contributed by atoms with Crippen molar-refractivity contribution >= 4 is 0 Å². The summed E-state index contributed by atoms with van der Waals surface area (Å²) in [5, 5.41) is 0. The van der Waals surface area contributed by atoms with E-state index in [0.29, 0.717) is 12.5 Å². The predicted octanol–water partition coefficient (Wildman–Crippen LogP) is 4.50. The summed E-state index contributed by atoms with van der Waals surface area (Å²) in [5.74, 6) is 3.04. The molecule has 0 N–H and O–H groups in total. The van der Waals surface area contributed by atoms with E-state index in [0.717, 1.165) is 23.7 Å². The number of hydrogen-bond acceptors (Lipinski definition) is 3. The molecule has 0 radical (unpaired) electrons. The van der Waals surface area contributed by atoms with Crippen LogP contribution in [0.15, 0.2) is 36.4 Å². The predicted molar refractivity (Wildman–Crippen MR) is 86.6 cm³/mol. The normalized spacial score (nSPS) is 12.7. The fourth-order valence-electron chi connectivity index (χ4n) is 2.63. The second-order valence-corrected chi connectivity index (χ2v) is 6.13. The van der Waals surface area contributed by atoms with Gasteiger partial charge in [-0.05, 0) is 42.0 Å². The maximum absolute atomic E-state index is 6.09. The maximum Gasteiger partial charge on any atom is 0.231 e. The number of hydrogen-bond donors (Lipinski definition) is 0. The summed E-state index contributed by atoms with van der Waals surface area (Å²) < 4.78 is 17.0. The molecule has 3 rings (SSSR count). The average molecular weight is 298 g/mol. The van der Waals surface area contributed by atoms with E-state index in [9.17, 15) is 0 Å². The first-order valence-electron chi connectivity index (χ1n) is 7.73. The highest BCUT2D eigenvalue weighted by Gasteiger charge is 2.18. The number of aryl methyl sites for hydroxylation is 1. The lowest BCUT2D eigenvalue weighted by Gasteiger charge is -2.15. The summed E-state index contributed by atoms with van der Waals surface area (Å²) in [6.07, 6.45) is 0.958. The molecule has 116 valence electrons. The van der Waals surface area contributed by atoms with Gasteiger partial charge in [0.2, 0.25) is 6.79 Å². The second-order valence-electron chi connectivity index (χ2n) is 6.13. The van der Waals surface area contributed by atoms with Crippen LogP contribution in [0.4, 0.5) is 0 Å². The molecule has 3 heteroatoms. The minimum Gasteiger partial charge on any atom is -0.488 e. The summed E-state index contributed by atoms with van der Waals surface area (Å²) in [4.78, 5) is 0. The Morgan fingerprint density at radius 1 is 1.05 bits per heavy atom. The maximum atomic E-state index is 6.09. The monoisotopic (exact) mass is 298 g/mol. The highest BCUT2D eigenvalue weighted by molar-refractivity contribution is 5.52. The van der Waals surface area contributed by atoms with Gasteiger partial charge >= 0.3 is 0 Å². The number of fused-ring (bicyclic) bond motifs is 1. The van der Waals surface area contributed by atoms with Gasteiger partial charge in [-0.15, -0.1) is 0 Å². The molecule has 0 saturated heterocycles. The van der Waals surface area contributed by atoms with Gasteiger partial charge in [-0.1, -0.05) is 38.1 Å². The summed E-state index contributed by atoms with van der Waals surface area (Å²) in [6.45, 7) is 7.37. The minimum atomic E-state index is 0.289. The Kier molecular flexibility index (Phi) is 4.23. The van der Waals surface area contributed by atoms with Gasteiger partial charge in [0.05, 0.1) is 0 Å². The lowest BCUT2D eigenvalue weighted by Crippen LogP contribution is -2.02. The molecule has 0 saturated carbocycles. The summed E-state index contributed by atoms with van der Waals surface area (Å²) in [5.41, 5.74) is 3.62. The van der Waals surface area contributed by atoms with Crippen LogP contribution in [0.25, 0.3) is 0 Å². The van der Waals surface area contributed by atoms with Crippen LogP contribution in [0.3, 0.4) is 0 Å². The van der Waals surface area contributed by atoms with Gasteiger partial charge in [0.15, 0.2) is 11.5 Å². The third kappa shape index (κ3) is 3.19. The van der Waals surface area contributed by atoms with Crippen molar-refractivity contribution in [2.24, 2.45) is 5.92 Å². The van der Waals surface area contributed by atoms with E-state index in [1.807, 2.05) is 18.2 Å². The first-order valence-corrected chi connectivity index (χ1v) is 7.73. The van der Waals surface area contributed by atoms with E-state index < -0.39 is 0 Å². The fraction of sp³-hybridized carbons (Fsp3) is 0.368. The summed E-state index contributed by atoms with van der Waals surface area (Å²) >= 11 is 0. The molecule has 0 atom stereocenters. The Bertz CT molecular complexity index is 662. The van der Waals surface area contributed by atoms with Gasteiger partial charge in [-0.3, -0.25) is 0 Å². The van der Waals surface area contributed by atoms with Gasteiger partial charge in [-0.2, -0.15) is 0 Å². The highest BCUT2D eigenvalue weighted by atomic mass is 16.7. The molecule has 1 heterocycles. The molecule has 22 heavy (non-hydrogen) atoms. The Morgan fingerprint density at radius 3 is 2.50 bits per heavy atom. The SMILES string of the molecule is Cc1ccccc1COc1cc2c(cc1CC(C)C)OCO2. The summed E-state index contributed by atoms with van der Waals surface area (Å²) in [6, 6.07) is 12.3. The van der Waals surface area contributed by atoms with Crippen LogP contribution in [-0.4, -0.2) is 6.79 Å². The van der Waals surface area contributed by atoms with Crippen molar-refractivity contribution in [1.29, 1.82) is 0 Å². The summed E-state index contributed by atoms with van der Waals surface area (Å²) in [7, 11) is 0. The van der Waals surface area contributed by atoms with Gasteiger partial charge in [-0.25, -0.2) is 0 Å². The van der Waals surface area contributed by atoms with E-state index in [4.69, 9.17) is 14.2 Å². The van der Waals surface area contributed by atoms with Crippen molar-refractivity contribution in [3.05, 3.63) is 53.1 Å². The molecule has 0 aliphatic carbocycles.